The molecule has 0 amide bonds. The van der Waals surface area contributed by atoms with Gasteiger partial charge in [-0.2, -0.15) is 0 Å². The predicted octanol–water partition coefficient (Wildman–Crippen LogP) is 5.17. The quantitative estimate of drug-likeness (QED) is 0.628. The number of ether oxygens (including phenoxy) is 2. The SMILES string of the molecule is C=Cc1c(C)c(OC)c(C)c(CC=C(C)CCC=C(C)CO)c1OC. The van der Waals surface area contributed by atoms with Crippen molar-refractivity contribution in [3.8, 4) is 11.5 Å². The van der Waals surface area contributed by atoms with E-state index in [1.807, 2.05) is 19.9 Å². The monoisotopic (exact) mass is 344 g/mol. The molecule has 25 heavy (non-hydrogen) atoms. The van der Waals surface area contributed by atoms with Crippen molar-refractivity contribution >= 4 is 6.08 Å². The number of aliphatic hydroxyl groups excluding tert-OH is 1. The molecule has 3 nitrogen and oxygen atoms in total. The zero-order chi connectivity index (χ0) is 19.0. The van der Waals surface area contributed by atoms with Gasteiger partial charge in [-0.3, -0.25) is 0 Å². The average molecular weight is 344 g/mol. The third-order valence-corrected chi connectivity index (χ3v) is 4.60. The first-order chi connectivity index (χ1) is 11.9. The molecule has 0 aliphatic rings. The van der Waals surface area contributed by atoms with E-state index < -0.39 is 0 Å². The summed E-state index contributed by atoms with van der Waals surface area (Å²) in [6.07, 6.45) is 8.89. The van der Waals surface area contributed by atoms with E-state index in [2.05, 4.69) is 32.6 Å². The molecule has 0 atom stereocenters. The van der Waals surface area contributed by atoms with Crippen LogP contribution in [0, 0.1) is 13.8 Å². The topological polar surface area (TPSA) is 38.7 Å². The molecule has 0 heterocycles. The first kappa shape index (κ1) is 21.0. The van der Waals surface area contributed by atoms with E-state index in [1.54, 1.807) is 14.2 Å². The van der Waals surface area contributed by atoms with Crippen molar-refractivity contribution < 1.29 is 14.6 Å². The predicted molar refractivity (Wildman–Crippen MR) is 107 cm³/mol. The molecular weight excluding hydrogens is 312 g/mol. The van der Waals surface area contributed by atoms with Gasteiger partial charge >= 0.3 is 0 Å². The van der Waals surface area contributed by atoms with Crippen LogP contribution >= 0.6 is 0 Å². The van der Waals surface area contributed by atoms with Crippen molar-refractivity contribution in [2.45, 2.75) is 47.0 Å². The molecule has 0 spiro atoms. The second-order valence-electron chi connectivity index (χ2n) is 6.41. The summed E-state index contributed by atoms with van der Waals surface area (Å²) in [6.45, 7) is 12.3. The van der Waals surface area contributed by atoms with Crippen LogP contribution in [0.3, 0.4) is 0 Å². The molecular formula is C22H32O3. The second kappa shape index (κ2) is 10.1. The van der Waals surface area contributed by atoms with E-state index in [9.17, 15) is 0 Å². The van der Waals surface area contributed by atoms with Gasteiger partial charge in [-0.05, 0) is 52.5 Å². The van der Waals surface area contributed by atoms with E-state index in [0.29, 0.717) is 0 Å². The van der Waals surface area contributed by atoms with Crippen molar-refractivity contribution in [3.63, 3.8) is 0 Å². The third kappa shape index (κ3) is 5.23. The summed E-state index contributed by atoms with van der Waals surface area (Å²) in [6, 6.07) is 0. The highest BCUT2D eigenvalue weighted by atomic mass is 16.5. The van der Waals surface area contributed by atoms with E-state index in [-0.39, 0.29) is 6.61 Å². The van der Waals surface area contributed by atoms with Crippen LogP contribution < -0.4 is 9.47 Å². The highest BCUT2D eigenvalue weighted by molar-refractivity contribution is 5.69. The fraction of sp³-hybridized carbons (Fsp3) is 0.455. The van der Waals surface area contributed by atoms with Crippen LogP contribution in [0.15, 0.2) is 29.9 Å². The zero-order valence-electron chi connectivity index (χ0n) is 16.5. The molecule has 0 aromatic heterocycles. The Morgan fingerprint density at radius 1 is 1.00 bits per heavy atom. The number of benzene rings is 1. The normalized spacial score (nSPS) is 12.3. The van der Waals surface area contributed by atoms with Crippen LogP contribution in [-0.4, -0.2) is 25.9 Å². The zero-order valence-corrected chi connectivity index (χ0v) is 16.5. The maximum absolute atomic E-state index is 9.04. The van der Waals surface area contributed by atoms with Gasteiger partial charge < -0.3 is 14.6 Å². The van der Waals surface area contributed by atoms with Crippen molar-refractivity contribution in [2.75, 3.05) is 20.8 Å². The lowest BCUT2D eigenvalue weighted by Crippen LogP contribution is -2.03. The van der Waals surface area contributed by atoms with E-state index in [0.717, 1.165) is 58.6 Å². The number of aliphatic hydroxyl groups is 1. The van der Waals surface area contributed by atoms with Crippen LogP contribution in [0.25, 0.3) is 6.08 Å². The van der Waals surface area contributed by atoms with Crippen molar-refractivity contribution in [2.24, 2.45) is 0 Å². The molecule has 0 fully saturated rings. The molecule has 0 aliphatic heterocycles. The Labute approximate surface area is 152 Å². The Morgan fingerprint density at radius 2 is 1.64 bits per heavy atom. The van der Waals surface area contributed by atoms with E-state index >= 15 is 0 Å². The molecule has 0 saturated carbocycles. The summed E-state index contributed by atoms with van der Waals surface area (Å²) in [7, 11) is 3.41. The maximum Gasteiger partial charge on any atom is 0.130 e. The lowest BCUT2D eigenvalue weighted by Gasteiger charge is -2.20. The molecule has 0 aliphatic carbocycles. The molecule has 0 radical (unpaired) electrons. The standard InChI is InChI=1S/C22H32O3/c1-8-19-17(4)21(24-6)18(5)20(22(19)25-7)13-12-15(2)10-9-11-16(3)14-23/h8,11-12,23H,1,9-10,13-14H2,2-7H3. The van der Waals surface area contributed by atoms with Gasteiger partial charge in [0.05, 0.1) is 20.8 Å². The summed E-state index contributed by atoms with van der Waals surface area (Å²) in [5, 5.41) is 9.04. The maximum atomic E-state index is 9.04. The minimum atomic E-state index is 0.132. The number of allylic oxidation sites excluding steroid dienone is 3. The highest BCUT2D eigenvalue weighted by Gasteiger charge is 2.18. The fourth-order valence-corrected chi connectivity index (χ4v) is 3.06. The summed E-state index contributed by atoms with van der Waals surface area (Å²) in [4.78, 5) is 0. The molecule has 1 rings (SSSR count). The van der Waals surface area contributed by atoms with E-state index in [4.69, 9.17) is 14.6 Å². The molecule has 1 aromatic rings. The van der Waals surface area contributed by atoms with Gasteiger partial charge in [0.25, 0.3) is 0 Å². The molecule has 3 heteroatoms. The first-order valence-electron chi connectivity index (χ1n) is 8.69. The summed E-state index contributed by atoms with van der Waals surface area (Å²) >= 11 is 0. The van der Waals surface area contributed by atoms with Crippen LogP contribution in [0.4, 0.5) is 0 Å². The Bertz CT molecular complexity index is 667. The first-order valence-corrected chi connectivity index (χ1v) is 8.69. The Balaban J connectivity index is 3.12. The third-order valence-electron chi connectivity index (χ3n) is 4.60. The second-order valence-corrected chi connectivity index (χ2v) is 6.41. The number of rotatable bonds is 9. The van der Waals surface area contributed by atoms with Gasteiger partial charge in [0.2, 0.25) is 0 Å². The number of hydrogen-bond acceptors (Lipinski definition) is 3. The summed E-state index contributed by atoms with van der Waals surface area (Å²) in [5.74, 6) is 1.78. The fourth-order valence-electron chi connectivity index (χ4n) is 3.06. The van der Waals surface area contributed by atoms with Gasteiger partial charge in [-0.25, -0.2) is 0 Å². The molecule has 0 saturated heterocycles. The van der Waals surface area contributed by atoms with Gasteiger partial charge in [-0.1, -0.05) is 36.0 Å². The molecule has 0 bridgehead atoms. The Hall–Kier alpha value is -2.00. The van der Waals surface area contributed by atoms with Crippen LogP contribution in [0.2, 0.25) is 0 Å². The number of methoxy groups -OCH3 is 2. The van der Waals surface area contributed by atoms with Crippen molar-refractivity contribution in [3.05, 3.63) is 52.1 Å². The Morgan fingerprint density at radius 3 is 2.16 bits per heavy atom. The molecule has 0 unspecified atom stereocenters. The van der Waals surface area contributed by atoms with Crippen molar-refractivity contribution in [1.29, 1.82) is 0 Å². The number of hydrogen-bond donors (Lipinski definition) is 1. The van der Waals surface area contributed by atoms with Crippen LogP contribution in [0.1, 0.15) is 48.9 Å². The van der Waals surface area contributed by atoms with Gasteiger partial charge in [0, 0.05) is 16.7 Å². The largest absolute Gasteiger partial charge is 0.496 e. The average Bonchev–Trinajstić information content (AvgIpc) is 2.60. The van der Waals surface area contributed by atoms with Crippen LogP contribution in [0.5, 0.6) is 11.5 Å². The van der Waals surface area contributed by atoms with Crippen LogP contribution in [-0.2, 0) is 6.42 Å². The smallest absolute Gasteiger partial charge is 0.130 e. The minimum absolute atomic E-state index is 0.132. The minimum Gasteiger partial charge on any atom is -0.496 e. The molecule has 138 valence electrons. The summed E-state index contributed by atoms with van der Waals surface area (Å²) < 4.78 is 11.3. The lowest BCUT2D eigenvalue weighted by atomic mass is 9.93. The van der Waals surface area contributed by atoms with Gasteiger partial charge in [-0.15, -0.1) is 0 Å². The lowest BCUT2D eigenvalue weighted by molar-refractivity contribution is 0.331. The van der Waals surface area contributed by atoms with Crippen molar-refractivity contribution in [1.82, 2.24) is 0 Å². The molecule has 1 N–H and O–H groups in total. The summed E-state index contributed by atoms with van der Waals surface area (Å²) in [5.41, 5.74) is 6.64. The molecule has 1 aromatic carbocycles. The van der Waals surface area contributed by atoms with Gasteiger partial charge in [0.15, 0.2) is 0 Å². The highest BCUT2D eigenvalue weighted by Crippen LogP contribution is 2.39. The Kier molecular flexibility index (Phi) is 8.50. The van der Waals surface area contributed by atoms with E-state index in [1.165, 1.54) is 5.57 Å². The van der Waals surface area contributed by atoms with Gasteiger partial charge in [0.1, 0.15) is 11.5 Å².